The molecule has 7 nitrogen and oxygen atoms in total. The van der Waals surface area contributed by atoms with Gasteiger partial charge in [0, 0.05) is 17.9 Å². The summed E-state index contributed by atoms with van der Waals surface area (Å²) in [6, 6.07) is 0. The highest BCUT2D eigenvalue weighted by Crippen LogP contribution is 2.35. The van der Waals surface area contributed by atoms with Crippen molar-refractivity contribution < 1.29 is 9.26 Å². The predicted molar refractivity (Wildman–Crippen MR) is 115 cm³/mol. The van der Waals surface area contributed by atoms with Crippen LogP contribution in [0.15, 0.2) is 14.5 Å². The standard InChI is InChI=1S/C20H26N4O3S2/c1-5-14-11(3)28-18-16(14)19(25)24(10-13-8-7-9-26-13)20(22-18)29-12(4)17-21-15(6-2)23-27-17/h12-13H,5-10H2,1-4H3. The highest BCUT2D eigenvalue weighted by atomic mass is 32.2. The minimum Gasteiger partial charge on any atom is -0.376 e. The van der Waals surface area contributed by atoms with E-state index in [1.807, 2.05) is 13.8 Å². The summed E-state index contributed by atoms with van der Waals surface area (Å²) in [6.45, 7) is 9.43. The first-order valence-corrected chi connectivity index (χ1v) is 11.8. The van der Waals surface area contributed by atoms with Crippen LogP contribution in [-0.4, -0.2) is 32.4 Å². The van der Waals surface area contributed by atoms with E-state index in [1.54, 1.807) is 15.9 Å². The summed E-state index contributed by atoms with van der Waals surface area (Å²) in [7, 11) is 0. The number of thioether (sulfide) groups is 1. The van der Waals surface area contributed by atoms with Crippen molar-refractivity contribution in [1.29, 1.82) is 0 Å². The van der Waals surface area contributed by atoms with E-state index in [1.165, 1.54) is 11.8 Å². The molecule has 1 aliphatic rings. The quantitative estimate of drug-likeness (QED) is 0.405. The minimum absolute atomic E-state index is 0.0289. The number of aryl methyl sites for hydroxylation is 3. The van der Waals surface area contributed by atoms with Crippen LogP contribution in [0.4, 0.5) is 0 Å². The molecule has 4 rings (SSSR count). The van der Waals surface area contributed by atoms with Gasteiger partial charge in [-0.1, -0.05) is 30.8 Å². The van der Waals surface area contributed by atoms with E-state index in [-0.39, 0.29) is 16.9 Å². The fraction of sp³-hybridized carbons (Fsp3) is 0.600. The van der Waals surface area contributed by atoms with Crippen molar-refractivity contribution in [2.24, 2.45) is 0 Å². The Kier molecular flexibility index (Phi) is 6.08. The number of nitrogens with zero attached hydrogens (tertiary/aromatic N) is 4. The zero-order valence-electron chi connectivity index (χ0n) is 17.2. The molecule has 0 N–H and O–H groups in total. The Morgan fingerprint density at radius 3 is 2.79 bits per heavy atom. The molecule has 29 heavy (non-hydrogen) atoms. The minimum atomic E-state index is -0.102. The van der Waals surface area contributed by atoms with E-state index in [4.69, 9.17) is 14.2 Å². The Bertz CT molecular complexity index is 1070. The van der Waals surface area contributed by atoms with Crippen LogP contribution in [0.1, 0.15) is 61.0 Å². The summed E-state index contributed by atoms with van der Waals surface area (Å²) in [6.07, 6.45) is 3.61. The van der Waals surface area contributed by atoms with Gasteiger partial charge in [0.15, 0.2) is 11.0 Å². The van der Waals surface area contributed by atoms with Gasteiger partial charge in [0.25, 0.3) is 5.56 Å². The molecule has 1 fully saturated rings. The Hall–Kier alpha value is -1.71. The maximum Gasteiger partial charge on any atom is 0.263 e. The molecule has 0 radical (unpaired) electrons. The SMILES string of the molecule is CCc1noc(C(C)Sc2nc3sc(C)c(CC)c3c(=O)n2CC2CCCO2)n1. The first kappa shape index (κ1) is 20.6. The molecule has 0 aromatic carbocycles. The lowest BCUT2D eigenvalue weighted by molar-refractivity contribution is 0.0937. The number of rotatable bonds is 7. The summed E-state index contributed by atoms with van der Waals surface area (Å²) in [5.41, 5.74) is 1.14. The summed E-state index contributed by atoms with van der Waals surface area (Å²) in [4.78, 5) is 24.8. The molecule has 1 saturated heterocycles. The summed E-state index contributed by atoms with van der Waals surface area (Å²) < 4.78 is 13.0. The molecule has 2 unspecified atom stereocenters. The van der Waals surface area contributed by atoms with E-state index in [0.29, 0.717) is 23.4 Å². The lowest BCUT2D eigenvalue weighted by Gasteiger charge is -2.17. The Labute approximate surface area is 177 Å². The van der Waals surface area contributed by atoms with Crippen LogP contribution in [0.3, 0.4) is 0 Å². The zero-order valence-corrected chi connectivity index (χ0v) is 18.9. The van der Waals surface area contributed by atoms with Crippen LogP contribution in [0, 0.1) is 6.92 Å². The number of aromatic nitrogens is 4. The van der Waals surface area contributed by atoms with Crippen molar-refractivity contribution in [3.8, 4) is 0 Å². The van der Waals surface area contributed by atoms with Crippen molar-refractivity contribution in [1.82, 2.24) is 19.7 Å². The maximum atomic E-state index is 13.5. The third kappa shape index (κ3) is 4.00. The fourth-order valence-electron chi connectivity index (χ4n) is 3.68. The molecule has 3 aromatic rings. The first-order chi connectivity index (χ1) is 14.0. The molecular weight excluding hydrogens is 408 g/mol. The number of fused-ring (bicyclic) bond motifs is 1. The van der Waals surface area contributed by atoms with Crippen LogP contribution < -0.4 is 5.56 Å². The Balaban J connectivity index is 1.76. The summed E-state index contributed by atoms with van der Waals surface area (Å²) in [5.74, 6) is 1.25. The van der Waals surface area contributed by atoms with E-state index >= 15 is 0 Å². The predicted octanol–water partition coefficient (Wildman–Crippen LogP) is 4.31. The van der Waals surface area contributed by atoms with Gasteiger partial charge in [-0.2, -0.15) is 4.98 Å². The Morgan fingerprint density at radius 2 is 2.14 bits per heavy atom. The number of hydrogen-bond acceptors (Lipinski definition) is 8. The van der Waals surface area contributed by atoms with Crippen LogP contribution in [0.5, 0.6) is 0 Å². The van der Waals surface area contributed by atoms with Gasteiger partial charge in [-0.15, -0.1) is 11.3 Å². The van der Waals surface area contributed by atoms with Crippen molar-refractivity contribution in [3.05, 3.63) is 32.5 Å². The van der Waals surface area contributed by atoms with Crippen molar-refractivity contribution in [3.63, 3.8) is 0 Å². The van der Waals surface area contributed by atoms with Crippen LogP contribution in [0.25, 0.3) is 10.2 Å². The second-order valence-electron chi connectivity index (χ2n) is 7.28. The zero-order chi connectivity index (χ0) is 20.5. The van der Waals surface area contributed by atoms with Gasteiger partial charge in [-0.05, 0) is 38.7 Å². The topological polar surface area (TPSA) is 83.0 Å². The average molecular weight is 435 g/mol. The highest BCUT2D eigenvalue weighted by molar-refractivity contribution is 7.99. The van der Waals surface area contributed by atoms with Gasteiger partial charge >= 0.3 is 0 Å². The molecule has 4 heterocycles. The third-order valence-corrected chi connectivity index (χ3v) is 7.39. The van der Waals surface area contributed by atoms with Crippen molar-refractivity contribution in [2.45, 2.75) is 76.4 Å². The third-order valence-electron chi connectivity index (χ3n) is 5.27. The molecule has 0 bridgehead atoms. The molecule has 156 valence electrons. The van der Waals surface area contributed by atoms with E-state index in [0.717, 1.165) is 52.9 Å². The Morgan fingerprint density at radius 1 is 1.31 bits per heavy atom. The van der Waals surface area contributed by atoms with Gasteiger partial charge in [-0.25, -0.2) is 4.98 Å². The van der Waals surface area contributed by atoms with Gasteiger partial charge in [0.05, 0.1) is 23.3 Å². The molecule has 0 amide bonds. The molecule has 0 saturated carbocycles. The van der Waals surface area contributed by atoms with Crippen molar-refractivity contribution >= 4 is 33.3 Å². The fourth-order valence-corrected chi connectivity index (χ4v) is 5.79. The number of ether oxygens (including phenoxy) is 1. The molecule has 0 aliphatic carbocycles. The molecule has 1 aliphatic heterocycles. The number of hydrogen-bond donors (Lipinski definition) is 0. The second kappa shape index (κ2) is 8.57. The van der Waals surface area contributed by atoms with E-state index in [9.17, 15) is 4.79 Å². The normalized spacial score (nSPS) is 18.0. The average Bonchev–Trinajstić information content (AvgIpc) is 3.44. The molecule has 2 atom stereocenters. The highest BCUT2D eigenvalue weighted by Gasteiger charge is 2.25. The summed E-state index contributed by atoms with van der Waals surface area (Å²) >= 11 is 3.08. The molecule has 3 aromatic heterocycles. The number of thiophene rings is 1. The monoisotopic (exact) mass is 434 g/mol. The van der Waals surface area contributed by atoms with Gasteiger partial charge in [0.1, 0.15) is 4.83 Å². The van der Waals surface area contributed by atoms with E-state index in [2.05, 4.69) is 24.0 Å². The van der Waals surface area contributed by atoms with E-state index < -0.39 is 0 Å². The molecule has 0 spiro atoms. The lowest BCUT2D eigenvalue weighted by Crippen LogP contribution is -2.29. The molecular formula is C20H26N4O3S2. The first-order valence-electron chi connectivity index (χ1n) is 10.1. The smallest absolute Gasteiger partial charge is 0.263 e. The van der Waals surface area contributed by atoms with Crippen LogP contribution in [-0.2, 0) is 24.1 Å². The maximum absolute atomic E-state index is 13.5. The molecule has 9 heteroatoms. The van der Waals surface area contributed by atoms with Crippen LogP contribution >= 0.6 is 23.1 Å². The summed E-state index contributed by atoms with van der Waals surface area (Å²) in [5, 5.41) is 5.33. The largest absolute Gasteiger partial charge is 0.376 e. The van der Waals surface area contributed by atoms with Gasteiger partial charge in [-0.3, -0.25) is 9.36 Å². The van der Waals surface area contributed by atoms with Crippen molar-refractivity contribution in [2.75, 3.05) is 6.61 Å². The lowest BCUT2D eigenvalue weighted by atomic mass is 10.1. The van der Waals surface area contributed by atoms with Gasteiger partial charge in [0.2, 0.25) is 5.89 Å². The van der Waals surface area contributed by atoms with Gasteiger partial charge < -0.3 is 9.26 Å². The van der Waals surface area contributed by atoms with Crippen LogP contribution in [0.2, 0.25) is 0 Å². The second-order valence-corrected chi connectivity index (χ2v) is 9.79.